The fraction of sp³-hybridized carbons (Fsp3) is 0. The van der Waals surface area contributed by atoms with Gasteiger partial charge in [0.1, 0.15) is 5.58 Å². The normalized spacial score (nSPS) is 11.8. The number of para-hydroxylation sites is 3. The summed E-state index contributed by atoms with van der Waals surface area (Å²) in [5.41, 5.74) is 7.39. The summed E-state index contributed by atoms with van der Waals surface area (Å²) in [6, 6.07) is 37.9. The Hall–Kier alpha value is -4.01. The Kier molecular flexibility index (Phi) is 3.93. The molecule has 7 aromatic rings. The molecule has 0 aliphatic heterocycles. The predicted molar refractivity (Wildman–Crippen MR) is 139 cm³/mol. The van der Waals surface area contributed by atoms with Crippen LogP contribution >= 0.6 is 11.6 Å². The minimum atomic E-state index is 0.633. The number of fused-ring (bicyclic) bond motifs is 7. The second-order valence-corrected chi connectivity index (χ2v) is 8.70. The molecule has 2 nitrogen and oxygen atoms in total. The molecule has 2 heterocycles. The van der Waals surface area contributed by atoms with Crippen molar-refractivity contribution in [1.29, 1.82) is 0 Å². The van der Waals surface area contributed by atoms with Gasteiger partial charge in [0.2, 0.25) is 0 Å². The van der Waals surface area contributed by atoms with Crippen LogP contribution in [0, 0.1) is 0 Å². The summed E-state index contributed by atoms with van der Waals surface area (Å²) in [6.07, 6.45) is 0. The molecule has 0 spiro atoms. The van der Waals surface area contributed by atoms with E-state index in [1.165, 1.54) is 16.6 Å². The molecule has 0 N–H and O–H groups in total. The third-order valence-electron chi connectivity index (χ3n) is 6.47. The molecule has 0 atom stereocenters. The van der Waals surface area contributed by atoms with E-state index >= 15 is 0 Å². The topological polar surface area (TPSA) is 18.1 Å². The van der Waals surface area contributed by atoms with Crippen LogP contribution in [0.1, 0.15) is 0 Å². The summed E-state index contributed by atoms with van der Waals surface area (Å²) in [4.78, 5) is 0. The van der Waals surface area contributed by atoms with Gasteiger partial charge in [-0.2, -0.15) is 0 Å². The molecule has 156 valence electrons. The first-order valence-electron chi connectivity index (χ1n) is 11.0. The fourth-order valence-corrected chi connectivity index (χ4v) is 5.28. The highest BCUT2D eigenvalue weighted by Crippen LogP contribution is 2.44. The maximum Gasteiger partial charge on any atom is 0.154 e. The maximum atomic E-state index is 6.51. The van der Waals surface area contributed by atoms with Gasteiger partial charge in [0.25, 0.3) is 0 Å². The molecule has 7 rings (SSSR count). The van der Waals surface area contributed by atoms with Crippen molar-refractivity contribution in [3.8, 4) is 16.8 Å². The van der Waals surface area contributed by atoms with Gasteiger partial charge >= 0.3 is 0 Å². The number of benzene rings is 5. The zero-order valence-electron chi connectivity index (χ0n) is 17.6. The number of rotatable bonds is 2. The Balaban J connectivity index is 1.74. The van der Waals surface area contributed by atoms with Crippen LogP contribution in [-0.2, 0) is 0 Å². The molecule has 33 heavy (non-hydrogen) atoms. The monoisotopic (exact) mass is 443 g/mol. The van der Waals surface area contributed by atoms with Crippen molar-refractivity contribution >= 4 is 55.3 Å². The van der Waals surface area contributed by atoms with Gasteiger partial charge in [-0.1, -0.05) is 90.5 Å². The summed E-state index contributed by atoms with van der Waals surface area (Å²) in [6.45, 7) is 0. The Bertz CT molecular complexity index is 1810. The van der Waals surface area contributed by atoms with E-state index in [1.54, 1.807) is 0 Å². The molecule has 0 unspecified atom stereocenters. The summed E-state index contributed by atoms with van der Waals surface area (Å²) in [7, 11) is 0. The fourth-order valence-electron chi connectivity index (χ4n) is 5.07. The highest BCUT2D eigenvalue weighted by Gasteiger charge is 2.21. The number of nitrogens with zero attached hydrogens (tertiary/aromatic N) is 1. The quantitative estimate of drug-likeness (QED) is 0.260. The summed E-state index contributed by atoms with van der Waals surface area (Å²) >= 11 is 6.51. The molecule has 0 fully saturated rings. The van der Waals surface area contributed by atoms with Crippen molar-refractivity contribution in [1.82, 2.24) is 4.57 Å². The van der Waals surface area contributed by atoms with Crippen LogP contribution in [-0.4, -0.2) is 4.57 Å². The van der Waals surface area contributed by atoms with Crippen LogP contribution < -0.4 is 0 Å². The molecule has 3 heteroatoms. The lowest BCUT2D eigenvalue weighted by Gasteiger charge is -2.11. The highest BCUT2D eigenvalue weighted by molar-refractivity contribution is 6.36. The van der Waals surface area contributed by atoms with Gasteiger partial charge in [0.15, 0.2) is 5.58 Å². The first-order valence-corrected chi connectivity index (χ1v) is 11.4. The highest BCUT2D eigenvalue weighted by atomic mass is 35.5. The van der Waals surface area contributed by atoms with Crippen LogP contribution in [0.5, 0.6) is 0 Å². The Morgan fingerprint density at radius 3 is 2.09 bits per heavy atom. The van der Waals surface area contributed by atoms with Crippen molar-refractivity contribution in [3.63, 3.8) is 0 Å². The SMILES string of the molecule is Clc1cccc2c1oc1c2ccc2c1c1cccc(-c3ccccc3)c1n2-c1ccccc1. The van der Waals surface area contributed by atoms with E-state index in [0.29, 0.717) is 5.02 Å². The van der Waals surface area contributed by atoms with E-state index in [1.807, 2.05) is 12.1 Å². The minimum absolute atomic E-state index is 0.633. The predicted octanol–water partition coefficient (Wildman–Crippen LogP) is 9.00. The molecule has 2 aromatic heterocycles. The first-order chi connectivity index (χ1) is 16.3. The van der Waals surface area contributed by atoms with E-state index in [4.69, 9.17) is 16.0 Å². The molecule has 0 bridgehead atoms. The summed E-state index contributed by atoms with van der Waals surface area (Å²) in [5.74, 6) is 0. The maximum absolute atomic E-state index is 6.51. The average molecular weight is 444 g/mol. The number of halogens is 1. The van der Waals surface area contributed by atoms with Crippen molar-refractivity contribution in [2.75, 3.05) is 0 Å². The summed E-state index contributed by atoms with van der Waals surface area (Å²) < 4.78 is 8.80. The van der Waals surface area contributed by atoms with Crippen molar-refractivity contribution in [3.05, 3.63) is 114 Å². The third kappa shape index (κ3) is 2.62. The first kappa shape index (κ1) is 18.6. The van der Waals surface area contributed by atoms with Crippen molar-refractivity contribution < 1.29 is 4.42 Å². The van der Waals surface area contributed by atoms with Crippen molar-refractivity contribution in [2.24, 2.45) is 0 Å². The summed E-state index contributed by atoms with van der Waals surface area (Å²) in [5, 5.41) is 5.03. The van der Waals surface area contributed by atoms with E-state index in [0.717, 1.165) is 43.9 Å². The Morgan fingerprint density at radius 1 is 0.576 bits per heavy atom. The molecular weight excluding hydrogens is 426 g/mol. The zero-order chi connectivity index (χ0) is 21.9. The van der Waals surface area contributed by atoms with Gasteiger partial charge in [-0.15, -0.1) is 0 Å². The smallest absolute Gasteiger partial charge is 0.154 e. The largest absolute Gasteiger partial charge is 0.454 e. The average Bonchev–Trinajstić information content (AvgIpc) is 3.42. The molecule has 0 aliphatic rings. The van der Waals surface area contributed by atoms with Gasteiger partial charge in [-0.3, -0.25) is 0 Å². The molecule has 0 radical (unpaired) electrons. The molecule has 0 saturated carbocycles. The van der Waals surface area contributed by atoms with Crippen LogP contribution in [0.4, 0.5) is 0 Å². The molecule has 5 aromatic carbocycles. The van der Waals surface area contributed by atoms with Gasteiger partial charge < -0.3 is 8.98 Å². The molecule has 0 saturated heterocycles. The third-order valence-corrected chi connectivity index (χ3v) is 6.76. The molecular formula is C30H18ClNO. The number of aromatic nitrogens is 1. The van der Waals surface area contributed by atoms with Crippen molar-refractivity contribution in [2.45, 2.75) is 0 Å². The Labute approximate surface area is 195 Å². The second-order valence-electron chi connectivity index (χ2n) is 8.29. The lowest BCUT2D eigenvalue weighted by Crippen LogP contribution is -1.95. The lowest BCUT2D eigenvalue weighted by atomic mass is 10.0. The van der Waals surface area contributed by atoms with Gasteiger partial charge in [0, 0.05) is 27.4 Å². The van der Waals surface area contributed by atoms with Crippen LogP contribution in [0.2, 0.25) is 5.02 Å². The van der Waals surface area contributed by atoms with Gasteiger partial charge in [0.05, 0.1) is 21.4 Å². The van der Waals surface area contributed by atoms with Crippen LogP contribution in [0.25, 0.3) is 60.6 Å². The van der Waals surface area contributed by atoms with Gasteiger partial charge in [-0.25, -0.2) is 0 Å². The lowest BCUT2D eigenvalue weighted by molar-refractivity contribution is 0.673. The molecule has 0 amide bonds. The number of furan rings is 1. The Morgan fingerprint density at radius 2 is 1.27 bits per heavy atom. The van der Waals surface area contributed by atoms with Crippen LogP contribution in [0.15, 0.2) is 114 Å². The number of hydrogen-bond acceptors (Lipinski definition) is 1. The van der Waals surface area contributed by atoms with E-state index in [-0.39, 0.29) is 0 Å². The standard InChI is InChI=1S/C30H18ClNO/c31-25-16-8-14-22-23-17-18-26-27(30(23)33-29(22)25)24-15-7-13-21(19-9-3-1-4-10-19)28(24)32(26)20-11-5-2-6-12-20/h1-18H. The molecule has 0 aliphatic carbocycles. The zero-order valence-corrected chi connectivity index (χ0v) is 18.4. The number of hydrogen-bond donors (Lipinski definition) is 0. The van der Waals surface area contributed by atoms with Crippen LogP contribution in [0.3, 0.4) is 0 Å². The van der Waals surface area contributed by atoms with Gasteiger partial charge in [-0.05, 0) is 35.9 Å². The second kappa shape index (κ2) is 6.99. The van der Waals surface area contributed by atoms with E-state index < -0.39 is 0 Å². The van der Waals surface area contributed by atoms with E-state index in [2.05, 4.69) is 102 Å². The minimum Gasteiger partial charge on any atom is -0.454 e. The van der Waals surface area contributed by atoms with E-state index in [9.17, 15) is 0 Å².